The van der Waals surface area contributed by atoms with Crippen molar-refractivity contribution in [2.45, 2.75) is 43.8 Å². The van der Waals surface area contributed by atoms with Gasteiger partial charge in [-0.05, 0) is 63.9 Å². The number of carbonyl (C=O) groups is 1. The van der Waals surface area contributed by atoms with Gasteiger partial charge in [0.1, 0.15) is 11.0 Å². The van der Waals surface area contributed by atoms with E-state index in [0.717, 1.165) is 25.9 Å². The molecule has 2 aliphatic rings. The number of carbonyl (C=O) groups excluding carboxylic acids is 1. The van der Waals surface area contributed by atoms with Crippen LogP contribution in [-0.2, 0) is 16.6 Å². The van der Waals surface area contributed by atoms with E-state index in [2.05, 4.69) is 34.0 Å². The van der Waals surface area contributed by atoms with Gasteiger partial charge in [0.25, 0.3) is 15.9 Å². The number of pyridine rings is 1. The Morgan fingerprint density at radius 3 is 2.87 bits per heavy atom. The number of amides is 1. The highest BCUT2D eigenvalue weighted by molar-refractivity contribution is 7.90. The van der Waals surface area contributed by atoms with Crippen LogP contribution < -0.4 is 14.9 Å². The zero-order chi connectivity index (χ0) is 21.5. The van der Waals surface area contributed by atoms with Crippen LogP contribution in [0.2, 0.25) is 5.15 Å². The summed E-state index contributed by atoms with van der Waals surface area (Å²) in [6.07, 6.45) is 3.33. The minimum atomic E-state index is -4.11. The topological polar surface area (TPSA) is 109 Å². The fourth-order valence-corrected chi connectivity index (χ4v) is 5.27. The van der Waals surface area contributed by atoms with Gasteiger partial charge < -0.3 is 10.2 Å². The summed E-state index contributed by atoms with van der Waals surface area (Å²) >= 11 is 6.14. The van der Waals surface area contributed by atoms with Crippen LogP contribution in [0.1, 0.15) is 37.0 Å². The average Bonchev–Trinajstić information content (AvgIpc) is 3.24. The third kappa shape index (κ3) is 4.17. The molecule has 11 heteroatoms. The number of aromatic nitrogens is 3. The monoisotopic (exact) mass is 452 g/mol. The lowest BCUT2D eigenvalue weighted by Gasteiger charge is -2.33. The van der Waals surface area contributed by atoms with Crippen molar-refractivity contribution >= 4 is 33.3 Å². The number of hydrogen-bond donors (Lipinski definition) is 2. The summed E-state index contributed by atoms with van der Waals surface area (Å²) in [6.45, 7) is 7.11. The minimum absolute atomic E-state index is 0.163. The third-order valence-corrected chi connectivity index (χ3v) is 7.03. The molecule has 1 amide bonds. The van der Waals surface area contributed by atoms with Gasteiger partial charge in [0.15, 0.2) is 5.03 Å². The Kier molecular flexibility index (Phi) is 5.50. The van der Waals surface area contributed by atoms with E-state index in [9.17, 15) is 13.2 Å². The lowest BCUT2D eigenvalue weighted by atomic mass is 9.96. The van der Waals surface area contributed by atoms with Crippen molar-refractivity contribution in [1.82, 2.24) is 24.8 Å². The predicted octanol–water partition coefficient (Wildman–Crippen LogP) is 1.65. The number of nitrogens with zero attached hydrogens (tertiary/aromatic N) is 4. The molecule has 0 aliphatic carbocycles. The molecule has 0 spiro atoms. The quantitative estimate of drug-likeness (QED) is 0.585. The Hall–Kier alpha value is -2.17. The number of fused-ring (bicyclic) bond motifs is 6. The van der Waals surface area contributed by atoms with Gasteiger partial charge in [-0.1, -0.05) is 11.6 Å². The first-order valence-electron chi connectivity index (χ1n) is 9.91. The zero-order valence-corrected chi connectivity index (χ0v) is 18.5. The van der Waals surface area contributed by atoms with Crippen LogP contribution in [0.3, 0.4) is 0 Å². The normalized spacial score (nSPS) is 23.6. The van der Waals surface area contributed by atoms with Crippen molar-refractivity contribution in [3.05, 3.63) is 35.1 Å². The van der Waals surface area contributed by atoms with Gasteiger partial charge in [-0.15, -0.1) is 0 Å². The predicted molar refractivity (Wildman–Crippen MR) is 113 cm³/mol. The van der Waals surface area contributed by atoms with Crippen LogP contribution in [0.25, 0.3) is 0 Å². The van der Waals surface area contributed by atoms with Gasteiger partial charge in [0.05, 0.1) is 5.56 Å². The van der Waals surface area contributed by atoms with E-state index in [1.165, 1.54) is 18.2 Å². The summed E-state index contributed by atoms with van der Waals surface area (Å²) in [5.41, 5.74) is -0.0973. The van der Waals surface area contributed by atoms with Crippen molar-refractivity contribution in [1.29, 1.82) is 0 Å². The molecule has 1 saturated heterocycles. The van der Waals surface area contributed by atoms with Crippen molar-refractivity contribution in [2.24, 2.45) is 5.92 Å². The largest absolute Gasteiger partial charge is 0.350 e. The minimum Gasteiger partial charge on any atom is -0.350 e. The van der Waals surface area contributed by atoms with E-state index in [0.29, 0.717) is 24.8 Å². The van der Waals surface area contributed by atoms with Crippen LogP contribution in [0, 0.1) is 5.92 Å². The molecule has 162 valence electrons. The molecule has 1 unspecified atom stereocenters. The highest BCUT2D eigenvalue weighted by atomic mass is 35.5. The molecule has 4 bridgehead atoms. The Morgan fingerprint density at radius 2 is 2.07 bits per heavy atom. The van der Waals surface area contributed by atoms with E-state index < -0.39 is 15.9 Å². The highest BCUT2D eigenvalue weighted by Crippen LogP contribution is 2.38. The van der Waals surface area contributed by atoms with Crippen LogP contribution in [0.15, 0.2) is 29.4 Å². The highest BCUT2D eigenvalue weighted by Gasteiger charge is 2.40. The van der Waals surface area contributed by atoms with Crippen molar-refractivity contribution < 1.29 is 13.2 Å². The maximum absolute atomic E-state index is 13.0. The standard InChI is InChI=1S/C19H25ClN6O3S/c1-19(2)10-13-11-21-7-3-8-25-9-6-16(23-25)30(28,29)24-18(27)14-4-5-15(20)22-17(14)26(19)12-13/h4-6,9,13,21H,3,7-8,10-12H2,1-2H3,(H,24,27). The van der Waals surface area contributed by atoms with E-state index in [1.807, 2.05) is 4.90 Å². The summed E-state index contributed by atoms with van der Waals surface area (Å²) < 4.78 is 29.1. The zero-order valence-electron chi connectivity index (χ0n) is 16.9. The first-order chi connectivity index (χ1) is 14.2. The first-order valence-corrected chi connectivity index (χ1v) is 11.8. The average molecular weight is 453 g/mol. The van der Waals surface area contributed by atoms with Crippen LogP contribution in [0.5, 0.6) is 0 Å². The molecule has 2 N–H and O–H groups in total. The summed E-state index contributed by atoms with van der Waals surface area (Å²) in [7, 11) is -4.11. The van der Waals surface area contributed by atoms with E-state index in [1.54, 1.807) is 10.9 Å². The Bertz CT molecular complexity index is 1070. The van der Waals surface area contributed by atoms with E-state index in [-0.39, 0.29) is 21.3 Å². The number of halogens is 1. The molecule has 0 aromatic carbocycles. The number of rotatable bonds is 0. The molecule has 1 fully saturated rings. The van der Waals surface area contributed by atoms with Gasteiger partial charge >= 0.3 is 0 Å². The second kappa shape index (κ2) is 7.82. The second-order valence-electron chi connectivity index (χ2n) is 8.41. The summed E-state index contributed by atoms with van der Waals surface area (Å²) in [5, 5.41) is 7.63. The van der Waals surface area contributed by atoms with Gasteiger partial charge in [0.2, 0.25) is 0 Å². The fraction of sp³-hybridized carbons (Fsp3) is 0.526. The molecule has 9 nitrogen and oxygen atoms in total. The molecule has 4 rings (SSSR count). The number of sulfonamides is 1. The molecule has 2 aliphatic heterocycles. The van der Waals surface area contributed by atoms with Crippen LogP contribution in [0.4, 0.5) is 5.82 Å². The molecule has 30 heavy (non-hydrogen) atoms. The fourth-order valence-electron chi connectivity index (χ4n) is 4.22. The smallest absolute Gasteiger partial charge is 0.283 e. The van der Waals surface area contributed by atoms with E-state index in [4.69, 9.17) is 11.6 Å². The molecule has 0 radical (unpaired) electrons. The van der Waals surface area contributed by atoms with Gasteiger partial charge in [-0.3, -0.25) is 9.48 Å². The Labute approximate surface area is 180 Å². The Balaban J connectivity index is 1.76. The molecule has 4 heterocycles. The number of anilines is 1. The van der Waals surface area contributed by atoms with Gasteiger partial charge in [-0.2, -0.15) is 13.5 Å². The third-order valence-electron chi connectivity index (χ3n) is 5.59. The lowest BCUT2D eigenvalue weighted by molar-refractivity contribution is 0.0981. The van der Waals surface area contributed by atoms with Crippen molar-refractivity contribution in [2.75, 3.05) is 24.5 Å². The molecule has 2 aromatic rings. The summed E-state index contributed by atoms with van der Waals surface area (Å²) in [5.74, 6) is -0.00172. The summed E-state index contributed by atoms with van der Waals surface area (Å²) in [4.78, 5) is 19.4. The van der Waals surface area contributed by atoms with E-state index >= 15 is 0 Å². The molecular weight excluding hydrogens is 428 g/mol. The molecule has 0 saturated carbocycles. The first kappa shape index (κ1) is 21.1. The molecule has 1 atom stereocenters. The van der Waals surface area contributed by atoms with Crippen molar-refractivity contribution in [3.63, 3.8) is 0 Å². The molecule has 2 aromatic heterocycles. The van der Waals surface area contributed by atoms with Crippen LogP contribution >= 0.6 is 11.6 Å². The molecular formula is C19H25ClN6O3S. The number of aryl methyl sites for hydroxylation is 1. The Morgan fingerprint density at radius 1 is 1.27 bits per heavy atom. The maximum Gasteiger partial charge on any atom is 0.283 e. The van der Waals surface area contributed by atoms with Gasteiger partial charge in [0, 0.05) is 24.8 Å². The van der Waals surface area contributed by atoms with Crippen molar-refractivity contribution in [3.8, 4) is 0 Å². The number of hydrogen-bond acceptors (Lipinski definition) is 7. The van der Waals surface area contributed by atoms with Crippen LogP contribution in [-0.4, -0.2) is 54.3 Å². The SMILES string of the molecule is CC1(C)CC2CNCCCn3ccc(n3)S(=O)(=O)NC(=O)c3ccc(Cl)nc3N1C2. The lowest BCUT2D eigenvalue weighted by Crippen LogP contribution is -2.41. The summed E-state index contributed by atoms with van der Waals surface area (Å²) in [6, 6.07) is 4.39. The maximum atomic E-state index is 13.0. The number of nitrogens with one attached hydrogen (secondary N) is 2. The second-order valence-corrected chi connectivity index (χ2v) is 10.4. The van der Waals surface area contributed by atoms with Gasteiger partial charge in [-0.25, -0.2) is 9.71 Å².